The third-order valence-corrected chi connectivity index (χ3v) is 4.07. The van der Waals surface area contributed by atoms with Crippen LogP contribution in [0.2, 0.25) is 0 Å². The Morgan fingerprint density at radius 1 is 1.24 bits per heavy atom. The summed E-state index contributed by atoms with van der Waals surface area (Å²) in [5.74, 6) is 0. The van der Waals surface area contributed by atoms with Crippen LogP contribution in [0.3, 0.4) is 0 Å². The van der Waals surface area contributed by atoms with E-state index in [1.54, 1.807) is 11.3 Å². The van der Waals surface area contributed by atoms with Crippen molar-refractivity contribution in [3.05, 3.63) is 52.0 Å². The first-order valence-corrected chi connectivity index (χ1v) is 8.10. The van der Waals surface area contributed by atoms with Gasteiger partial charge in [0.05, 0.1) is 23.1 Å². The zero-order chi connectivity index (χ0) is 15.1. The molecule has 4 heteroatoms. The maximum atomic E-state index is 5.83. The molecule has 0 fully saturated rings. The molecule has 0 spiro atoms. The molecule has 0 atom stereocenters. The van der Waals surface area contributed by atoms with Crippen molar-refractivity contribution in [2.45, 2.75) is 33.9 Å². The van der Waals surface area contributed by atoms with Gasteiger partial charge in [-0.05, 0) is 12.5 Å². The molecule has 1 N–H and O–H groups in total. The van der Waals surface area contributed by atoms with E-state index in [-0.39, 0.29) is 5.41 Å². The third kappa shape index (κ3) is 5.96. The molecule has 0 radical (unpaired) electrons. The molecule has 2 rings (SSSR count). The SMILES string of the molecule is Cc1ncc(COCC(C)(C)CNCc2ccccc2)s1. The lowest BCUT2D eigenvalue weighted by Gasteiger charge is -2.24. The summed E-state index contributed by atoms with van der Waals surface area (Å²) >= 11 is 1.70. The minimum atomic E-state index is 0.120. The predicted molar refractivity (Wildman–Crippen MR) is 88.4 cm³/mol. The van der Waals surface area contributed by atoms with Crippen molar-refractivity contribution < 1.29 is 4.74 Å². The van der Waals surface area contributed by atoms with Crippen molar-refractivity contribution in [1.29, 1.82) is 0 Å². The summed E-state index contributed by atoms with van der Waals surface area (Å²) in [4.78, 5) is 5.44. The summed E-state index contributed by atoms with van der Waals surface area (Å²) in [7, 11) is 0. The van der Waals surface area contributed by atoms with Gasteiger partial charge in [0.2, 0.25) is 0 Å². The van der Waals surface area contributed by atoms with Crippen LogP contribution in [0.25, 0.3) is 0 Å². The molecule has 0 amide bonds. The lowest BCUT2D eigenvalue weighted by molar-refractivity contribution is 0.0524. The summed E-state index contributed by atoms with van der Waals surface area (Å²) in [6.45, 7) is 9.71. The molecule has 0 unspecified atom stereocenters. The fourth-order valence-corrected chi connectivity index (χ4v) is 2.82. The molecular weight excluding hydrogens is 280 g/mol. The molecule has 1 heterocycles. The van der Waals surface area contributed by atoms with Crippen LogP contribution >= 0.6 is 11.3 Å². The van der Waals surface area contributed by atoms with Gasteiger partial charge in [-0.2, -0.15) is 0 Å². The summed E-state index contributed by atoms with van der Waals surface area (Å²) in [6.07, 6.45) is 1.90. The van der Waals surface area contributed by atoms with Crippen LogP contribution in [0.5, 0.6) is 0 Å². The van der Waals surface area contributed by atoms with Crippen molar-refractivity contribution in [1.82, 2.24) is 10.3 Å². The van der Waals surface area contributed by atoms with Gasteiger partial charge < -0.3 is 10.1 Å². The molecular formula is C17H24N2OS. The number of rotatable bonds is 8. The van der Waals surface area contributed by atoms with Gasteiger partial charge in [0.25, 0.3) is 0 Å². The number of benzene rings is 1. The molecule has 21 heavy (non-hydrogen) atoms. The van der Waals surface area contributed by atoms with E-state index in [0.29, 0.717) is 6.61 Å². The Morgan fingerprint density at radius 2 is 2.00 bits per heavy atom. The summed E-state index contributed by atoms with van der Waals surface area (Å²) < 4.78 is 5.83. The Hall–Kier alpha value is -1.23. The molecule has 114 valence electrons. The van der Waals surface area contributed by atoms with Gasteiger partial charge in [-0.25, -0.2) is 4.98 Å². The van der Waals surface area contributed by atoms with Crippen LogP contribution in [0.15, 0.2) is 36.5 Å². The maximum absolute atomic E-state index is 5.83. The predicted octanol–water partition coefficient (Wildman–Crippen LogP) is 3.78. The fourth-order valence-electron chi connectivity index (χ4n) is 2.09. The first-order chi connectivity index (χ1) is 10.1. The normalized spacial score (nSPS) is 11.8. The Balaban J connectivity index is 1.66. The van der Waals surface area contributed by atoms with Crippen molar-refractivity contribution in [2.75, 3.05) is 13.2 Å². The summed E-state index contributed by atoms with van der Waals surface area (Å²) in [5, 5.41) is 4.60. The van der Waals surface area contributed by atoms with E-state index in [4.69, 9.17) is 4.74 Å². The van der Waals surface area contributed by atoms with Gasteiger partial charge in [-0.1, -0.05) is 44.2 Å². The molecule has 1 aromatic carbocycles. The molecule has 0 saturated heterocycles. The Morgan fingerprint density at radius 3 is 2.67 bits per heavy atom. The smallest absolute Gasteiger partial charge is 0.0897 e. The topological polar surface area (TPSA) is 34.1 Å². The summed E-state index contributed by atoms with van der Waals surface area (Å²) in [5.41, 5.74) is 1.43. The molecule has 0 bridgehead atoms. The van der Waals surface area contributed by atoms with E-state index in [1.165, 1.54) is 10.4 Å². The van der Waals surface area contributed by atoms with E-state index >= 15 is 0 Å². The largest absolute Gasteiger partial charge is 0.375 e. The highest BCUT2D eigenvalue weighted by molar-refractivity contribution is 7.11. The standard InChI is InChI=1S/C17H24N2OS/c1-14-19-10-16(21-14)11-20-13-17(2,3)12-18-9-15-7-5-4-6-8-15/h4-8,10,18H,9,11-13H2,1-3H3. The highest BCUT2D eigenvalue weighted by Crippen LogP contribution is 2.17. The van der Waals surface area contributed by atoms with Gasteiger partial charge in [0, 0.05) is 24.7 Å². The number of hydrogen-bond donors (Lipinski definition) is 1. The number of nitrogens with one attached hydrogen (secondary N) is 1. The highest BCUT2D eigenvalue weighted by atomic mass is 32.1. The van der Waals surface area contributed by atoms with Gasteiger partial charge in [-0.15, -0.1) is 11.3 Å². The average molecular weight is 304 g/mol. The average Bonchev–Trinajstić information content (AvgIpc) is 2.85. The van der Waals surface area contributed by atoms with Gasteiger partial charge in [0.1, 0.15) is 0 Å². The van der Waals surface area contributed by atoms with Crippen LogP contribution < -0.4 is 5.32 Å². The first-order valence-electron chi connectivity index (χ1n) is 7.29. The zero-order valence-electron chi connectivity index (χ0n) is 13.1. The van der Waals surface area contributed by atoms with E-state index in [1.807, 2.05) is 19.2 Å². The van der Waals surface area contributed by atoms with Crippen molar-refractivity contribution in [3.63, 3.8) is 0 Å². The number of aryl methyl sites for hydroxylation is 1. The fraction of sp³-hybridized carbons (Fsp3) is 0.471. The second-order valence-corrected chi connectivity index (χ2v) is 7.41. The molecule has 1 aromatic heterocycles. The van der Waals surface area contributed by atoms with Crippen LogP contribution in [0.4, 0.5) is 0 Å². The highest BCUT2D eigenvalue weighted by Gasteiger charge is 2.17. The van der Waals surface area contributed by atoms with Crippen LogP contribution in [-0.2, 0) is 17.9 Å². The minimum absolute atomic E-state index is 0.120. The second kappa shape index (κ2) is 7.69. The van der Waals surface area contributed by atoms with Gasteiger partial charge in [-0.3, -0.25) is 0 Å². The van der Waals surface area contributed by atoms with Crippen molar-refractivity contribution in [3.8, 4) is 0 Å². The van der Waals surface area contributed by atoms with Crippen LogP contribution in [-0.4, -0.2) is 18.1 Å². The lowest BCUT2D eigenvalue weighted by atomic mass is 9.95. The molecule has 0 aliphatic rings. The Labute approximate surface area is 131 Å². The van der Waals surface area contributed by atoms with Gasteiger partial charge in [0.15, 0.2) is 0 Å². The number of ether oxygens (including phenoxy) is 1. The van der Waals surface area contributed by atoms with Crippen LogP contribution in [0, 0.1) is 12.3 Å². The number of aromatic nitrogens is 1. The van der Waals surface area contributed by atoms with Crippen molar-refractivity contribution >= 4 is 11.3 Å². The quantitative estimate of drug-likeness (QED) is 0.806. The summed E-state index contributed by atoms with van der Waals surface area (Å²) in [6, 6.07) is 10.5. The molecule has 0 aliphatic carbocycles. The second-order valence-electron chi connectivity index (χ2n) is 6.09. The van der Waals surface area contributed by atoms with Gasteiger partial charge >= 0.3 is 0 Å². The lowest BCUT2D eigenvalue weighted by Crippen LogP contribution is -2.32. The number of thiazole rings is 1. The Kier molecular flexibility index (Phi) is 5.91. The van der Waals surface area contributed by atoms with Crippen molar-refractivity contribution in [2.24, 2.45) is 5.41 Å². The monoisotopic (exact) mass is 304 g/mol. The molecule has 2 aromatic rings. The maximum Gasteiger partial charge on any atom is 0.0897 e. The van der Waals surface area contributed by atoms with Crippen LogP contribution in [0.1, 0.15) is 29.3 Å². The first kappa shape index (κ1) is 16.1. The molecule has 0 saturated carbocycles. The molecule has 0 aliphatic heterocycles. The third-order valence-electron chi connectivity index (χ3n) is 3.18. The molecule has 3 nitrogen and oxygen atoms in total. The number of nitrogens with zero attached hydrogens (tertiary/aromatic N) is 1. The Bertz CT molecular complexity index is 537. The van der Waals surface area contributed by atoms with E-state index < -0.39 is 0 Å². The number of hydrogen-bond acceptors (Lipinski definition) is 4. The van der Waals surface area contributed by atoms with E-state index in [9.17, 15) is 0 Å². The van der Waals surface area contributed by atoms with E-state index in [0.717, 1.165) is 24.7 Å². The van der Waals surface area contributed by atoms with E-state index in [2.05, 4.69) is 48.4 Å². The zero-order valence-corrected chi connectivity index (χ0v) is 13.9. The minimum Gasteiger partial charge on any atom is -0.375 e.